The molecule has 4 aromatic rings. The monoisotopic (exact) mass is 456 g/mol. The van der Waals surface area contributed by atoms with Crippen molar-refractivity contribution in [2.45, 2.75) is 25.8 Å². The van der Waals surface area contributed by atoms with Crippen LogP contribution in [0.25, 0.3) is 5.69 Å². The number of rotatable bonds is 8. The summed E-state index contributed by atoms with van der Waals surface area (Å²) < 4.78 is 14.8. The van der Waals surface area contributed by atoms with Crippen molar-refractivity contribution in [3.05, 3.63) is 114 Å². The number of hydrogen-bond acceptors (Lipinski definition) is 3. The molecule has 0 aliphatic carbocycles. The van der Waals surface area contributed by atoms with E-state index in [2.05, 4.69) is 15.7 Å². The van der Waals surface area contributed by atoms with Gasteiger partial charge in [0.15, 0.2) is 0 Å². The van der Waals surface area contributed by atoms with Crippen LogP contribution in [0, 0.1) is 5.82 Å². The van der Waals surface area contributed by atoms with E-state index < -0.39 is 0 Å². The Bertz CT molecular complexity index is 1250. The van der Waals surface area contributed by atoms with E-state index in [0.29, 0.717) is 24.1 Å². The number of hydrogen-bond donors (Lipinski definition) is 2. The summed E-state index contributed by atoms with van der Waals surface area (Å²) in [5.74, 6) is -0.752. The molecular formula is C27H25FN4O2. The molecule has 0 saturated carbocycles. The zero-order valence-corrected chi connectivity index (χ0v) is 18.7. The molecule has 0 fully saturated rings. The molecule has 0 radical (unpaired) electrons. The van der Waals surface area contributed by atoms with Crippen molar-refractivity contribution in [2.24, 2.45) is 0 Å². The molecule has 1 unspecified atom stereocenters. The number of aryl methyl sites for hydroxylation is 1. The van der Waals surface area contributed by atoms with Crippen LogP contribution in [0.15, 0.2) is 91.3 Å². The Morgan fingerprint density at radius 2 is 1.68 bits per heavy atom. The lowest BCUT2D eigenvalue weighted by Crippen LogP contribution is -2.26. The minimum absolute atomic E-state index is 0.0475. The van der Waals surface area contributed by atoms with Crippen molar-refractivity contribution >= 4 is 17.5 Å². The average molecular weight is 457 g/mol. The van der Waals surface area contributed by atoms with Gasteiger partial charge in [-0.2, -0.15) is 5.10 Å². The fourth-order valence-corrected chi connectivity index (χ4v) is 3.53. The Morgan fingerprint density at radius 3 is 2.38 bits per heavy atom. The molecule has 6 nitrogen and oxygen atoms in total. The van der Waals surface area contributed by atoms with Gasteiger partial charge in [-0.15, -0.1) is 0 Å². The highest BCUT2D eigenvalue weighted by atomic mass is 19.1. The molecule has 0 saturated heterocycles. The predicted molar refractivity (Wildman–Crippen MR) is 129 cm³/mol. The predicted octanol–water partition coefficient (Wildman–Crippen LogP) is 5.07. The van der Waals surface area contributed by atoms with Gasteiger partial charge in [0.1, 0.15) is 5.82 Å². The quantitative estimate of drug-likeness (QED) is 0.389. The Hall–Kier alpha value is -4.26. The number of para-hydroxylation sites is 1. The number of nitrogens with zero attached hydrogens (tertiary/aromatic N) is 2. The van der Waals surface area contributed by atoms with E-state index in [1.807, 2.05) is 55.6 Å². The summed E-state index contributed by atoms with van der Waals surface area (Å²) in [5, 5.41) is 10.2. The maximum absolute atomic E-state index is 13.0. The third-order valence-electron chi connectivity index (χ3n) is 5.45. The van der Waals surface area contributed by atoms with Crippen molar-refractivity contribution in [3.8, 4) is 5.69 Å². The second kappa shape index (κ2) is 10.6. The van der Waals surface area contributed by atoms with Crippen LogP contribution in [0.5, 0.6) is 0 Å². The lowest BCUT2D eigenvalue weighted by molar-refractivity contribution is -0.121. The number of carbonyl (C=O) groups excluding carboxylic acids is 2. The molecule has 0 spiro atoms. The van der Waals surface area contributed by atoms with Crippen LogP contribution in [0.4, 0.5) is 10.1 Å². The van der Waals surface area contributed by atoms with Gasteiger partial charge in [-0.1, -0.05) is 30.3 Å². The maximum Gasteiger partial charge on any atom is 0.255 e. The Labute approximate surface area is 197 Å². The highest BCUT2D eigenvalue weighted by Crippen LogP contribution is 2.17. The molecule has 1 atom stereocenters. The number of anilines is 1. The van der Waals surface area contributed by atoms with Gasteiger partial charge in [0.25, 0.3) is 5.91 Å². The van der Waals surface area contributed by atoms with E-state index in [-0.39, 0.29) is 23.7 Å². The number of carbonyl (C=O) groups is 2. The zero-order chi connectivity index (χ0) is 23.9. The lowest BCUT2D eigenvalue weighted by atomic mass is 10.1. The fourth-order valence-electron chi connectivity index (χ4n) is 3.53. The fraction of sp³-hybridized carbons (Fsp3) is 0.148. The minimum atomic E-state index is -0.390. The molecule has 7 heteroatoms. The third kappa shape index (κ3) is 5.95. The first-order valence-electron chi connectivity index (χ1n) is 11.0. The third-order valence-corrected chi connectivity index (χ3v) is 5.45. The van der Waals surface area contributed by atoms with Crippen molar-refractivity contribution < 1.29 is 14.0 Å². The van der Waals surface area contributed by atoms with Gasteiger partial charge in [0.2, 0.25) is 5.91 Å². The molecule has 34 heavy (non-hydrogen) atoms. The van der Waals surface area contributed by atoms with Crippen LogP contribution in [0.3, 0.4) is 0 Å². The molecule has 1 aromatic heterocycles. The lowest BCUT2D eigenvalue weighted by Gasteiger charge is -2.15. The summed E-state index contributed by atoms with van der Waals surface area (Å²) in [6.07, 6.45) is 4.67. The largest absolute Gasteiger partial charge is 0.350 e. The van der Waals surface area contributed by atoms with Crippen LogP contribution in [-0.4, -0.2) is 21.6 Å². The Balaban J connectivity index is 1.26. The number of halogens is 1. The summed E-state index contributed by atoms with van der Waals surface area (Å²) in [7, 11) is 0. The molecule has 2 amide bonds. The highest BCUT2D eigenvalue weighted by Gasteiger charge is 2.12. The number of benzene rings is 3. The van der Waals surface area contributed by atoms with Gasteiger partial charge < -0.3 is 10.6 Å². The topological polar surface area (TPSA) is 76.0 Å². The summed E-state index contributed by atoms with van der Waals surface area (Å²) >= 11 is 0. The normalized spacial score (nSPS) is 11.6. The zero-order valence-electron chi connectivity index (χ0n) is 18.7. The number of nitrogens with one attached hydrogen (secondary N) is 2. The van der Waals surface area contributed by atoms with Crippen LogP contribution in [0.2, 0.25) is 0 Å². The van der Waals surface area contributed by atoms with Gasteiger partial charge >= 0.3 is 0 Å². The summed E-state index contributed by atoms with van der Waals surface area (Å²) in [4.78, 5) is 24.7. The van der Waals surface area contributed by atoms with Crippen LogP contribution in [-0.2, 0) is 11.2 Å². The van der Waals surface area contributed by atoms with E-state index in [4.69, 9.17) is 0 Å². The summed E-state index contributed by atoms with van der Waals surface area (Å²) in [6.45, 7) is 1.91. The number of aromatic nitrogens is 2. The van der Waals surface area contributed by atoms with Crippen molar-refractivity contribution in [3.63, 3.8) is 0 Å². The van der Waals surface area contributed by atoms with Crippen molar-refractivity contribution in [2.75, 3.05) is 5.32 Å². The minimum Gasteiger partial charge on any atom is -0.350 e. The SMILES string of the molecule is CC(NC(=O)CCc1cnn(-c2ccccc2)c1)c1ccc(NC(=O)c2ccc(F)cc2)cc1. The van der Waals surface area contributed by atoms with Gasteiger partial charge in [-0.05, 0) is 73.0 Å². The molecule has 172 valence electrons. The van der Waals surface area contributed by atoms with E-state index in [9.17, 15) is 14.0 Å². The van der Waals surface area contributed by atoms with Crippen LogP contribution < -0.4 is 10.6 Å². The summed E-state index contributed by atoms with van der Waals surface area (Å²) in [5.41, 5.74) is 3.88. The molecule has 0 aliphatic heterocycles. The second-order valence-electron chi connectivity index (χ2n) is 8.00. The molecule has 4 rings (SSSR count). The first-order chi connectivity index (χ1) is 16.5. The Kier molecular flexibility index (Phi) is 7.13. The first-order valence-corrected chi connectivity index (χ1v) is 11.0. The second-order valence-corrected chi connectivity index (χ2v) is 8.00. The summed E-state index contributed by atoms with van der Waals surface area (Å²) in [6, 6.07) is 22.3. The van der Waals surface area contributed by atoms with Gasteiger partial charge in [0.05, 0.1) is 17.9 Å². The van der Waals surface area contributed by atoms with Crippen LogP contribution in [0.1, 0.15) is 40.9 Å². The van der Waals surface area contributed by atoms with Crippen molar-refractivity contribution in [1.82, 2.24) is 15.1 Å². The molecule has 2 N–H and O–H groups in total. The smallest absolute Gasteiger partial charge is 0.255 e. The van der Waals surface area contributed by atoms with E-state index in [0.717, 1.165) is 16.8 Å². The maximum atomic E-state index is 13.0. The molecule has 3 aromatic carbocycles. The molecule has 1 heterocycles. The Morgan fingerprint density at radius 1 is 0.971 bits per heavy atom. The molecule has 0 bridgehead atoms. The first kappa shape index (κ1) is 22.9. The van der Waals surface area contributed by atoms with E-state index in [1.54, 1.807) is 23.0 Å². The van der Waals surface area contributed by atoms with Gasteiger partial charge in [-0.3, -0.25) is 9.59 Å². The van der Waals surface area contributed by atoms with Crippen molar-refractivity contribution in [1.29, 1.82) is 0 Å². The van der Waals surface area contributed by atoms with Gasteiger partial charge in [-0.25, -0.2) is 9.07 Å². The van der Waals surface area contributed by atoms with Crippen LogP contribution >= 0.6 is 0 Å². The van der Waals surface area contributed by atoms with E-state index >= 15 is 0 Å². The van der Waals surface area contributed by atoms with E-state index in [1.165, 1.54) is 24.3 Å². The molecular weight excluding hydrogens is 431 g/mol. The average Bonchev–Trinajstić information content (AvgIpc) is 3.33. The number of amides is 2. The molecule has 0 aliphatic rings. The standard InChI is InChI=1S/C27H25FN4O2/c1-19(21-10-14-24(15-11-21)31-27(34)22-8-12-23(28)13-9-22)30-26(33)16-7-20-17-29-32(18-20)25-5-3-2-4-6-25/h2-6,8-15,17-19H,7,16H2,1H3,(H,30,33)(H,31,34). The van der Waals surface area contributed by atoms with Gasteiger partial charge in [0, 0.05) is 23.9 Å². The highest BCUT2D eigenvalue weighted by molar-refractivity contribution is 6.04.